The van der Waals surface area contributed by atoms with Crippen molar-refractivity contribution in [3.05, 3.63) is 28.8 Å². The minimum Gasteiger partial charge on any atom is -0.490 e. The second kappa shape index (κ2) is 7.81. The molecule has 0 saturated heterocycles. The Morgan fingerprint density at radius 3 is 2.52 bits per heavy atom. The number of amides is 2. The largest absolute Gasteiger partial charge is 0.490 e. The van der Waals surface area contributed by atoms with Crippen LogP contribution < -0.4 is 21.3 Å². The van der Waals surface area contributed by atoms with Gasteiger partial charge in [0.1, 0.15) is 11.8 Å². The first-order valence-electron chi connectivity index (χ1n) is 7.21. The number of ether oxygens (including phenoxy) is 1. The van der Waals surface area contributed by atoms with Crippen LogP contribution in [0.3, 0.4) is 0 Å². The third kappa shape index (κ3) is 4.58. The first-order valence-corrected chi connectivity index (χ1v) is 7.59. The fourth-order valence-electron chi connectivity index (χ4n) is 2.49. The number of hydrazine groups is 1. The molecule has 0 aromatic heterocycles. The number of hydrogen-bond donors (Lipinski definition) is 3. The van der Waals surface area contributed by atoms with Crippen molar-refractivity contribution in [1.82, 2.24) is 10.7 Å². The first-order chi connectivity index (χ1) is 11.0. The molecule has 8 heteroatoms. The zero-order chi connectivity index (χ0) is 16.8. The van der Waals surface area contributed by atoms with E-state index in [0.717, 1.165) is 12.8 Å². The molecule has 23 heavy (non-hydrogen) atoms. The van der Waals surface area contributed by atoms with E-state index in [1.807, 2.05) is 6.07 Å². The molecule has 0 spiro atoms. The Hall–Kier alpha value is -2.30. The highest BCUT2D eigenvalue weighted by atomic mass is 35.5. The lowest BCUT2D eigenvalue weighted by Gasteiger charge is -2.29. The monoisotopic (exact) mass is 336 g/mol. The molecular formula is C15H17ClN4O3. The summed E-state index contributed by atoms with van der Waals surface area (Å²) in [5.74, 6) is 3.94. The fraction of sp³-hybridized carbons (Fsp3) is 0.400. The SMILES string of the molecule is N#Cc1ccc(O[C@H]2CC[C@H](NC(=O)C(=O)NN)CC2)cc1Cl. The summed E-state index contributed by atoms with van der Waals surface area (Å²) in [7, 11) is 0. The Kier molecular flexibility index (Phi) is 5.79. The zero-order valence-corrected chi connectivity index (χ0v) is 13.1. The minimum atomic E-state index is -0.851. The number of carbonyl (C=O) groups excluding carboxylic acids is 2. The summed E-state index contributed by atoms with van der Waals surface area (Å²) in [6.07, 6.45) is 2.91. The Morgan fingerprint density at radius 2 is 1.96 bits per heavy atom. The molecule has 0 bridgehead atoms. The second-order valence-electron chi connectivity index (χ2n) is 5.29. The molecule has 1 aromatic rings. The van der Waals surface area contributed by atoms with Gasteiger partial charge in [-0.05, 0) is 37.8 Å². The van der Waals surface area contributed by atoms with E-state index in [-0.39, 0.29) is 12.1 Å². The maximum atomic E-state index is 11.4. The predicted molar refractivity (Wildman–Crippen MR) is 83.3 cm³/mol. The van der Waals surface area contributed by atoms with Crippen molar-refractivity contribution in [3.8, 4) is 11.8 Å². The Labute approximate surface area is 138 Å². The molecule has 0 unspecified atom stereocenters. The number of nitrogens with two attached hydrogens (primary N) is 1. The van der Waals surface area contributed by atoms with Crippen LogP contribution in [0.25, 0.3) is 0 Å². The number of nitrogens with one attached hydrogen (secondary N) is 2. The standard InChI is InChI=1S/C15H17ClN4O3/c16-13-7-12(4-1-9(13)8-17)23-11-5-2-10(3-6-11)19-14(21)15(22)20-18/h1,4,7,10-11H,2-3,5-6,18H2,(H,19,21)(H,20,22)/t10-,11-. The van der Waals surface area contributed by atoms with Crippen LogP contribution in [0, 0.1) is 11.3 Å². The molecule has 0 radical (unpaired) electrons. The highest BCUT2D eigenvalue weighted by Gasteiger charge is 2.25. The summed E-state index contributed by atoms with van der Waals surface area (Å²) < 4.78 is 5.85. The van der Waals surface area contributed by atoms with E-state index in [0.29, 0.717) is 29.2 Å². The quantitative estimate of drug-likeness (QED) is 0.329. The molecule has 0 atom stereocenters. The third-order valence-electron chi connectivity index (χ3n) is 3.71. The summed E-state index contributed by atoms with van der Waals surface area (Å²) in [6.45, 7) is 0. The molecule has 1 aliphatic rings. The first kappa shape index (κ1) is 17.1. The van der Waals surface area contributed by atoms with Crippen molar-refractivity contribution < 1.29 is 14.3 Å². The van der Waals surface area contributed by atoms with Gasteiger partial charge in [0.05, 0.1) is 16.7 Å². The highest BCUT2D eigenvalue weighted by Crippen LogP contribution is 2.27. The number of hydrogen-bond acceptors (Lipinski definition) is 5. The lowest BCUT2D eigenvalue weighted by Crippen LogP contribution is -2.48. The van der Waals surface area contributed by atoms with E-state index < -0.39 is 11.8 Å². The van der Waals surface area contributed by atoms with Crippen LogP contribution in [0.2, 0.25) is 5.02 Å². The minimum absolute atomic E-state index is 0.00971. The van der Waals surface area contributed by atoms with Gasteiger partial charge in [0.2, 0.25) is 0 Å². The molecule has 1 fully saturated rings. The molecule has 1 saturated carbocycles. The van der Waals surface area contributed by atoms with Crippen LogP contribution in [0.15, 0.2) is 18.2 Å². The van der Waals surface area contributed by atoms with Gasteiger partial charge in [-0.3, -0.25) is 15.0 Å². The van der Waals surface area contributed by atoms with Crippen LogP contribution in [0.4, 0.5) is 0 Å². The van der Waals surface area contributed by atoms with Gasteiger partial charge in [0, 0.05) is 12.1 Å². The topological polar surface area (TPSA) is 117 Å². The fourth-order valence-corrected chi connectivity index (χ4v) is 2.71. The van der Waals surface area contributed by atoms with Crippen molar-refractivity contribution >= 4 is 23.4 Å². The molecule has 122 valence electrons. The van der Waals surface area contributed by atoms with Crippen molar-refractivity contribution in [3.63, 3.8) is 0 Å². The van der Waals surface area contributed by atoms with Gasteiger partial charge in [-0.25, -0.2) is 5.84 Å². The molecule has 1 aromatic carbocycles. The van der Waals surface area contributed by atoms with E-state index in [1.54, 1.807) is 23.6 Å². The van der Waals surface area contributed by atoms with E-state index in [1.165, 1.54) is 0 Å². The summed E-state index contributed by atoms with van der Waals surface area (Å²) in [6, 6.07) is 6.89. The van der Waals surface area contributed by atoms with E-state index >= 15 is 0 Å². The Balaban J connectivity index is 1.83. The van der Waals surface area contributed by atoms with E-state index in [9.17, 15) is 9.59 Å². The van der Waals surface area contributed by atoms with Crippen molar-refractivity contribution in [1.29, 1.82) is 5.26 Å². The molecule has 7 nitrogen and oxygen atoms in total. The lowest BCUT2D eigenvalue weighted by atomic mass is 9.93. The summed E-state index contributed by atoms with van der Waals surface area (Å²) in [5, 5.41) is 11.8. The second-order valence-corrected chi connectivity index (χ2v) is 5.70. The summed E-state index contributed by atoms with van der Waals surface area (Å²) in [4.78, 5) is 22.5. The van der Waals surface area contributed by atoms with Crippen LogP contribution in [-0.4, -0.2) is 24.0 Å². The molecule has 1 aliphatic carbocycles. The van der Waals surface area contributed by atoms with Gasteiger partial charge in [0.25, 0.3) is 0 Å². The Bertz CT molecular complexity index is 636. The molecule has 2 rings (SSSR count). The average molecular weight is 337 g/mol. The number of nitriles is 1. The van der Waals surface area contributed by atoms with Crippen LogP contribution in [0.1, 0.15) is 31.2 Å². The molecule has 4 N–H and O–H groups in total. The lowest BCUT2D eigenvalue weighted by molar-refractivity contribution is -0.139. The van der Waals surface area contributed by atoms with Crippen LogP contribution in [0.5, 0.6) is 5.75 Å². The van der Waals surface area contributed by atoms with Gasteiger partial charge >= 0.3 is 11.8 Å². The van der Waals surface area contributed by atoms with Gasteiger partial charge in [0.15, 0.2) is 0 Å². The van der Waals surface area contributed by atoms with E-state index in [4.69, 9.17) is 27.4 Å². The summed E-state index contributed by atoms with van der Waals surface area (Å²) >= 11 is 5.97. The molecule has 2 amide bonds. The number of nitrogens with zero attached hydrogens (tertiary/aromatic N) is 1. The number of halogens is 1. The molecular weight excluding hydrogens is 320 g/mol. The maximum Gasteiger partial charge on any atom is 0.323 e. The number of rotatable bonds is 3. The normalized spacial score (nSPS) is 20.2. The van der Waals surface area contributed by atoms with Crippen molar-refractivity contribution in [2.75, 3.05) is 0 Å². The highest BCUT2D eigenvalue weighted by molar-refractivity contribution is 6.35. The smallest absolute Gasteiger partial charge is 0.323 e. The van der Waals surface area contributed by atoms with Crippen LogP contribution in [-0.2, 0) is 9.59 Å². The van der Waals surface area contributed by atoms with Gasteiger partial charge in [-0.2, -0.15) is 5.26 Å². The van der Waals surface area contributed by atoms with Gasteiger partial charge in [-0.15, -0.1) is 0 Å². The van der Waals surface area contributed by atoms with Crippen molar-refractivity contribution in [2.24, 2.45) is 5.84 Å². The van der Waals surface area contributed by atoms with Crippen LogP contribution >= 0.6 is 11.6 Å². The average Bonchev–Trinajstić information content (AvgIpc) is 2.56. The van der Waals surface area contributed by atoms with E-state index in [2.05, 4.69) is 5.32 Å². The molecule has 0 heterocycles. The zero-order valence-electron chi connectivity index (χ0n) is 12.3. The summed E-state index contributed by atoms with van der Waals surface area (Å²) in [5.41, 5.74) is 2.21. The van der Waals surface area contributed by atoms with Gasteiger partial charge in [-0.1, -0.05) is 11.6 Å². The van der Waals surface area contributed by atoms with Gasteiger partial charge < -0.3 is 10.1 Å². The molecule has 0 aliphatic heterocycles. The predicted octanol–water partition coefficient (Wildman–Crippen LogP) is 1.01. The number of carbonyl (C=O) groups is 2. The Morgan fingerprint density at radius 1 is 1.26 bits per heavy atom. The van der Waals surface area contributed by atoms with Crippen molar-refractivity contribution in [2.45, 2.75) is 37.8 Å². The third-order valence-corrected chi connectivity index (χ3v) is 4.02. The number of benzene rings is 1. The maximum absolute atomic E-state index is 11.4.